The van der Waals surface area contributed by atoms with Gasteiger partial charge in [0.1, 0.15) is 5.69 Å². The fraction of sp³-hybridized carbons (Fsp3) is 0.0769. The Bertz CT molecular complexity index is 581. The lowest BCUT2D eigenvalue weighted by Crippen LogP contribution is -1.99. The molecule has 0 aliphatic heterocycles. The van der Waals surface area contributed by atoms with E-state index in [1.807, 2.05) is 25.1 Å². The van der Waals surface area contributed by atoms with E-state index in [1.54, 1.807) is 6.07 Å². The van der Waals surface area contributed by atoms with Crippen molar-refractivity contribution in [3.05, 3.63) is 52.8 Å². The predicted octanol–water partition coefficient (Wildman–Crippen LogP) is 3.41. The molecule has 0 amide bonds. The highest BCUT2D eigenvalue weighted by Gasteiger charge is 2.07. The van der Waals surface area contributed by atoms with Gasteiger partial charge in [-0.15, -0.1) is 0 Å². The van der Waals surface area contributed by atoms with E-state index in [9.17, 15) is 4.79 Å². The topological polar surface area (TPSA) is 50.2 Å². The van der Waals surface area contributed by atoms with Gasteiger partial charge in [-0.3, -0.25) is 0 Å². The molecule has 2 aromatic rings. The molecule has 0 aliphatic rings. The first-order chi connectivity index (χ1) is 8.08. The number of pyridine rings is 1. The van der Waals surface area contributed by atoms with Gasteiger partial charge in [-0.1, -0.05) is 23.7 Å². The Morgan fingerprint density at radius 1 is 1.24 bits per heavy atom. The van der Waals surface area contributed by atoms with Gasteiger partial charge in [0.2, 0.25) is 0 Å². The van der Waals surface area contributed by atoms with Crippen molar-refractivity contribution in [3.8, 4) is 11.1 Å². The Hall–Kier alpha value is -1.87. The molecule has 0 atom stereocenters. The van der Waals surface area contributed by atoms with Crippen molar-refractivity contribution in [1.29, 1.82) is 0 Å². The van der Waals surface area contributed by atoms with Crippen LogP contribution in [0.25, 0.3) is 11.1 Å². The largest absolute Gasteiger partial charge is 0.477 e. The molecule has 0 aliphatic carbocycles. The Balaban J connectivity index is 2.49. The Morgan fingerprint density at radius 2 is 1.94 bits per heavy atom. The second-order valence-electron chi connectivity index (χ2n) is 3.70. The van der Waals surface area contributed by atoms with Crippen molar-refractivity contribution in [2.75, 3.05) is 0 Å². The molecule has 1 aromatic carbocycles. The molecule has 0 spiro atoms. The molecular formula is C13H10ClNO2. The van der Waals surface area contributed by atoms with Gasteiger partial charge in [0, 0.05) is 11.2 Å². The second kappa shape index (κ2) is 4.55. The van der Waals surface area contributed by atoms with Crippen LogP contribution in [0.4, 0.5) is 0 Å². The second-order valence-corrected chi connectivity index (χ2v) is 4.11. The van der Waals surface area contributed by atoms with E-state index in [4.69, 9.17) is 16.7 Å². The number of benzene rings is 1. The van der Waals surface area contributed by atoms with Gasteiger partial charge in [0.25, 0.3) is 0 Å². The number of rotatable bonds is 2. The van der Waals surface area contributed by atoms with Crippen LogP contribution in [0.2, 0.25) is 5.02 Å². The Labute approximate surface area is 104 Å². The average molecular weight is 248 g/mol. The lowest BCUT2D eigenvalue weighted by Gasteiger charge is -2.04. The molecule has 17 heavy (non-hydrogen) atoms. The fourth-order valence-electron chi connectivity index (χ4n) is 1.50. The van der Waals surface area contributed by atoms with Crippen LogP contribution in [-0.4, -0.2) is 16.1 Å². The third-order valence-corrected chi connectivity index (χ3v) is 2.89. The minimum absolute atomic E-state index is 0.0270. The highest BCUT2D eigenvalue weighted by atomic mass is 35.5. The summed E-state index contributed by atoms with van der Waals surface area (Å²) in [6, 6.07) is 8.91. The highest BCUT2D eigenvalue weighted by molar-refractivity contribution is 6.31. The maximum absolute atomic E-state index is 10.8. The minimum atomic E-state index is -1.04. The number of halogens is 1. The first kappa shape index (κ1) is 11.6. The number of aromatic carboxylic acids is 1. The first-order valence-electron chi connectivity index (χ1n) is 5.04. The van der Waals surface area contributed by atoms with E-state index < -0.39 is 5.97 Å². The van der Waals surface area contributed by atoms with Gasteiger partial charge >= 0.3 is 5.97 Å². The molecular weight excluding hydrogens is 238 g/mol. The van der Waals surface area contributed by atoms with Crippen LogP contribution in [0.5, 0.6) is 0 Å². The summed E-state index contributed by atoms with van der Waals surface area (Å²) in [6.45, 7) is 1.92. The van der Waals surface area contributed by atoms with Crippen molar-refractivity contribution in [1.82, 2.24) is 4.98 Å². The molecule has 0 fully saturated rings. The maximum Gasteiger partial charge on any atom is 0.354 e. The number of carboxylic acids is 1. The van der Waals surface area contributed by atoms with Gasteiger partial charge < -0.3 is 5.11 Å². The SMILES string of the molecule is Cc1ccc(-c2ccnc(C(=O)O)c2)cc1Cl. The molecule has 0 saturated carbocycles. The monoisotopic (exact) mass is 247 g/mol. The quantitative estimate of drug-likeness (QED) is 0.885. The van der Waals surface area contributed by atoms with Crippen molar-refractivity contribution in [3.63, 3.8) is 0 Å². The summed E-state index contributed by atoms with van der Waals surface area (Å²) in [7, 11) is 0. The van der Waals surface area contributed by atoms with Crippen molar-refractivity contribution in [2.45, 2.75) is 6.92 Å². The van der Waals surface area contributed by atoms with Gasteiger partial charge in [0.05, 0.1) is 0 Å². The summed E-state index contributed by atoms with van der Waals surface area (Å²) >= 11 is 6.03. The number of nitrogens with zero attached hydrogens (tertiary/aromatic N) is 1. The number of aryl methyl sites for hydroxylation is 1. The molecule has 1 aromatic heterocycles. The third-order valence-electron chi connectivity index (χ3n) is 2.48. The minimum Gasteiger partial charge on any atom is -0.477 e. The Morgan fingerprint density at radius 3 is 2.59 bits per heavy atom. The summed E-state index contributed by atoms with van der Waals surface area (Å²) in [5.41, 5.74) is 2.69. The van der Waals surface area contributed by atoms with Crippen LogP contribution in [0, 0.1) is 6.92 Å². The van der Waals surface area contributed by atoms with Crippen LogP contribution in [0.1, 0.15) is 16.1 Å². The first-order valence-corrected chi connectivity index (χ1v) is 5.41. The molecule has 86 valence electrons. The number of carboxylic acid groups (broad SMARTS) is 1. The van der Waals surface area contributed by atoms with Gasteiger partial charge in [-0.05, 0) is 41.8 Å². The van der Waals surface area contributed by atoms with E-state index >= 15 is 0 Å². The number of hydrogen-bond donors (Lipinski definition) is 1. The molecule has 0 saturated heterocycles. The van der Waals surface area contributed by atoms with Crippen LogP contribution in [-0.2, 0) is 0 Å². The molecule has 0 radical (unpaired) electrons. The molecule has 1 heterocycles. The summed E-state index contributed by atoms with van der Waals surface area (Å²) in [6.07, 6.45) is 1.48. The Kier molecular flexibility index (Phi) is 3.11. The lowest BCUT2D eigenvalue weighted by atomic mass is 10.0. The van der Waals surface area contributed by atoms with Gasteiger partial charge in [-0.25, -0.2) is 9.78 Å². The smallest absolute Gasteiger partial charge is 0.354 e. The molecule has 3 nitrogen and oxygen atoms in total. The van der Waals surface area contributed by atoms with Crippen LogP contribution in [0.15, 0.2) is 36.5 Å². The van der Waals surface area contributed by atoms with E-state index in [2.05, 4.69) is 4.98 Å². The predicted molar refractivity (Wildman–Crippen MR) is 66.4 cm³/mol. The van der Waals surface area contributed by atoms with E-state index in [-0.39, 0.29) is 5.69 Å². The van der Waals surface area contributed by atoms with Crippen LogP contribution >= 0.6 is 11.6 Å². The lowest BCUT2D eigenvalue weighted by molar-refractivity contribution is 0.0690. The van der Waals surface area contributed by atoms with Gasteiger partial charge in [0.15, 0.2) is 0 Å². The number of carbonyl (C=O) groups is 1. The van der Waals surface area contributed by atoms with E-state index in [0.29, 0.717) is 5.02 Å². The van der Waals surface area contributed by atoms with E-state index in [1.165, 1.54) is 12.3 Å². The van der Waals surface area contributed by atoms with Crippen LogP contribution in [0.3, 0.4) is 0 Å². The molecule has 0 unspecified atom stereocenters. The van der Waals surface area contributed by atoms with Crippen molar-refractivity contribution >= 4 is 17.6 Å². The zero-order valence-corrected chi connectivity index (χ0v) is 9.90. The summed E-state index contributed by atoms with van der Waals surface area (Å²) in [5, 5.41) is 9.53. The van der Waals surface area contributed by atoms with Crippen molar-refractivity contribution in [2.24, 2.45) is 0 Å². The fourth-order valence-corrected chi connectivity index (χ4v) is 1.68. The summed E-state index contributed by atoms with van der Waals surface area (Å²) in [5.74, 6) is -1.04. The van der Waals surface area contributed by atoms with Crippen LogP contribution < -0.4 is 0 Å². The number of aromatic nitrogens is 1. The number of hydrogen-bond acceptors (Lipinski definition) is 2. The van der Waals surface area contributed by atoms with E-state index in [0.717, 1.165) is 16.7 Å². The third kappa shape index (κ3) is 2.45. The average Bonchev–Trinajstić information content (AvgIpc) is 2.33. The highest BCUT2D eigenvalue weighted by Crippen LogP contribution is 2.25. The zero-order valence-electron chi connectivity index (χ0n) is 9.14. The standard InChI is InChI=1S/C13H10ClNO2/c1-8-2-3-9(6-11(8)14)10-4-5-15-12(7-10)13(16)17/h2-7H,1H3,(H,16,17). The molecule has 4 heteroatoms. The zero-order chi connectivity index (χ0) is 12.4. The molecule has 2 rings (SSSR count). The maximum atomic E-state index is 10.8. The molecule has 0 bridgehead atoms. The summed E-state index contributed by atoms with van der Waals surface area (Å²) in [4.78, 5) is 14.6. The molecule has 1 N–H and O–H groups in total. The summed E-state index contributed by atoms with van der Waals surface area (Å²) < 4.78 is 0. The van der Waals surface area contributed by atoms with Crippen molar-refractivity contribution < 1.29 is 9.90 Å². The van der Waals surface area contributed by atoms with Gasteiger partial charge in [-0.2, -0.15) is 0 Å². The normalized spacial score (nSPS) is 10.2.